The van der Waals surface area contributed by atoms with Crippen molar-refractivity contribution in [1.82, 2.24) is 19.8 Å². The van der Waals surface area contributed by atoms with Crippen LogP contribution in [0.4, 0.5) is 24.0 Å². The number of alkyl halides is 1. The molecule has 0 spiro atoms. The van der Waals surface area contributed by atoms with Crippen molar-refractivity contribution in [2.45, 2.75) is 43.4 Å². The molecule has 5 heterocycles. The normalized spacial score (nSPS) is 22.2. The van der Waals surface area contributed by atoms with E-state index in [9.17, 15) is 24.1 Å². The molecule has 4 aromatic rings. The molecule has 0 bridgehead atoms. The van der Waals surface area contributed by atoms with E-state index in [4.69, 9.17) is 15.5 Å². The lowest BCUT2D eigenvalue weighted by molar-refractivity contribution is -0.125. The quantitative estimate of drug-likeness (QED) is 0.260. The van der Waals surface area contributed by atoms with Crippen LogP contribution in [-0.2, 0) is 4.79 Å². The molecule has 2 aromatic heterocycles. The number of nitrogens with zero attached hydrogens (tertiary/aromatic N) is 7. The topological polar surface area (TPSA) is 135 Å². The molecule has 3 saturated heterocycles. The molecule has 3 atom stereocenters. The third kappa shape index (κ3) is 4.98. The summed E-state index contributed by atoms with van der Waals surface area (Å²) in [5.41, 5.74) is 5.25. The number of ether oxygens (including phenoxy) is 1. The second-order valence-electron chi connectivity index (χ2n) is 12.6. The molecule has 3 fully saturated rings. The number of carbonyl (C=O) groups is 1. The fourth-order valence-corrected chi connectivity index (χ4v) is 8.54. The van der Waals surface area contributed by atoms with Gasteiger partial charge in [0.15, 0.2) is 5.82 Å². The molecule has 2 aromatic carbocycles. The molecule has 3 aliphatic heterocycles. The van der Waals surface area contributed by atoms with Gasteiger partial charge in [-0.2, -0.15) is 20.5 Å². The number of nitriles is 2. The maximum Gasteiger partial charge on any atom is 0.319 e. The van der Waals surface area contributed by atoms with Gasteiger partial charge < -0.3 is 20.3 Å². The lowest BCUT2D eigenvalue weighted by Crippen LogP contribution is -2.43. The van der Waals surface area contributed by atoms with E-state index in [1.165, 1.54) is 18.2 Å². The van der Waals surface area contributed by atoms with Gasteiger partial charge in [-0.1, -0.05) is 12.6 Å². The van der Waals surface area contributed by atoms with E-state index in [1.54, 1.807) is 11.9 Å². The molecule has 14 heteroatoms. The second kappa shape index (κ2) is 12.0. The Labute approximate surface area is 278 Å². The van der Waals surface area contributed by atoms with Gasteiger partial charge in [0.2, 0.25) is 5.91 Å². The lowest BCUT2D eigenvalue weighted by atomic mass is 9.93. The summed E-state index contributed by atoms with van der Waals surface area (Å²) in [6, 6.07) is 7.68. The molecular formula is C34H31F3N8O2S. The van der Waals surface area contributed by atoms with Crippen molar-refractivity contribution >= 4 is 49.1 Å². The minimum atomic E-state index is -0.974. The Kier molecular flexibility index (Phi) is 7.89. The van der Waals surface area contributed by atoms with Crippen LogP contribution < -0.4 is 15.4 Å². The molecule has 10 nitrogen and oxygen atoms in total. The third-order valence-corrected chi connectivity index (χ3v) is 11.0. The van der Waals surface area contributed by atoms with Crippen LogP contribution in [0, 0.1) is 34.3 Å². The number of benzene rings is 2. The van der Waals surface area contributed by atoms with E-state index in [2.05, 4.69) is 22.5 Å². The summed E-state index contributed by atoms with van der Waals surface area (Å²) >= 11 is 0.872. The molecule has 246 valence electrons. The second-order valence-corrected chi connectivity index (χ2v) is 13.7. The van der Waals surface area contributed by atoms with Crippen molar-refractivity contribution < 1.29 is 22.7 Å². The van der Waals surface area contributed by atoms with Crippen LogP contribution >= 0.6 is 11.3 Å². The molecule has 1 amide bonds. The third-order valence-electron chi connectivity index (χ3n) is 9.97. The molecule has 3 aliphatic rings. The Hall–Kier alpha value is -4.92. The summed E-state index contributed by atoms with van der Waals surface area (Å²) < 4.78 is 52.7. The van der Waals surface area contributed by atoms with Crippen molar-refractivity contribution in [2.75, 3.05) is 50.5 Å². The Morgan fingerprint density at radius 1 is 1.27 bits per heavy atom. The Balaban J connectivity index is 1.40. The number of hydrogen-bond donors (Lipinski definition) is 1. The van der Waals surface area contributed by atoms with Crippen LogP contribution in [0.5, 0.6) is 6.01 Å². The van der Waals surface area contributed by atoms with Crippen LogP contribution in [0.25, 0.3) is 32.1 Å². The van der Waals surface area contributed by atoms with Gasteiger partial charge in [-0.05, 0) is 49.6 Å². The number of anilines is 2. The number of hydrogen-bond acceptors (Lipinski definition) is 10. The average Bonchev–Trinajstić information content (AvgIpc) is 3.86. The molecule has 2 N–H and O–H groups in total. The van der Waals surface area contributed by atoms with Gasteiger partial charge in [0.05, 0.1) is 27.4 Å². The Morgan fingerprint density at radius 3 is 2.83 bits per heavy atom. The predicted molar refractivity (Wildman–Crippen MR) is 176 cm³/mol. The van der Waals surface area contributed by atoms with Crippen LogP contribution in [0.15, 0.2) is 30.9 Å². The number of nitrogen functional groups attached to an aromatic ring is 1. The number of thiophene rings is 1. The van der Waals surface area contributed by atoms with Gasteiger partial charge in [0.25, 0.3) is 0 Å². The highest BCUT2D eigenvalue weighted by molar-refractivity contribution is 7.23. The van der Waals surface area contributed by atoms with Crippen molar-refractivity contribution in [3.05, 3.63) is 53.6 Å². The first kappa shape index (κ1) is 31.7. The Bertz CT molecular complexity index is 2090. The maximum absolute atomic E-state index is 17.1. The summed E-state index contributed by atoms with van der Waals surface area (Å²) in [7, 11) is 1.77. The lowest BCUT2D eigenvalue weighted by Gasteiger charge is -2.31. The minimum absolute atomic E-state index is 0.0111. The first-order valence-corrected chi connectivity index (χ1v) is 16.4. The average molecular weight is 673 g/mol. The van der Waals surface area contributed by atoms with Gasteiger partial charge in [0.1, 0.15) is 41.0 Å². The summed E-state index contributed by atoms with van der Waals surface area (Å²) in [6.07, 6.45) is 2.86. The first-order chi connectivity index (χ1) is 23.1. The van der Waals surface area contributed by atoms with Gasteiger partial charge >= 0.3 is 6.01 Å². The zero-order valence-electron chi connectivity index (χ0n) is 26.1. The van der Waals surface area contributed by atoms with Crippen LogP contribution in [-0.4, -0.2) is 83.3 Å². The number of aromatic nitrogens is 2. The number of likely N-dealkylation sites (N-methyl/N-ethyl adjacent to an activating group) is 1. The van der Waals surface area contributed by atoms with E-state index in [1.807, 2.05) is 11.0 Å². The summed E-state index contributed by atoms with van der Waals surface area (Å²) in [5.74, 6) is -1.43. The Morgan fingerprint density at radius 2 is 2.08 bits per heavy atom. The van der Waals surface area contributed by atoms with Crippen molar-refractivity contribution in [3.63, 3.8) is 0 Å². The predicted octanol–water partition coefficient (Wildman–Crippen LogP) is 5.29. The zero-order valence-corrected chi connectivity index (χ0v) is 26.9. The van der Waals surface area contributed by atoms with Crippen LogP contribution in [0.1, 0.15) is 36.8 Å². The highest BCUT2D eigenvalue weighted by Crippen LogP contribution is 2.45. The van der Waals surface area contributed by atoms with Crippen molar-refractivity contribution in [1.29, 1.82) is 10.5 Å². The molecule has 7 rings (SSSR count). The fourth-order valence-electron chi connectivity index (χ4n) is 7.59. The van der Waals surface area contributed by atoms with Crippen molar-refractivity contribution in [3.8, 4) is 29.3 Å². The van der Waals surface area contributed by atoms with E-state index >= 15 is 4.39 Å². The number of carbonyl (C=O) groups excluding carboxylic acids is 1. The van der Waals surface area contributed by atoms with E-state index in [0.717, 1.165) is 36.8 Å². The van der Waals surface area contributed by atoms with Gasteiger partial charge in [0, 0.05) is 55.5 Å². The standard InChI is InChI=1S/C34H31F3N8O2S/c1-3-25(46)44-10-7-20(16-44)43(2)32-22-11-18(13-38)26(21-5-6-24(36)30-27(21)23(14-39)31(40)48-30)28(37)29(22)41-33(42-32)47-17-34-8-4-9-45(34)15-19(35)12-34/h3,5-6,11,19-20H,1,4,7-10,12,15-17,40H2,2H3/t19-,20-,34+/m1/s1. The number of nitrogens with two attached hydrogens (primary N) is 1. The van der Waals surface area contributed by atoms with E-state index in [0.29, 0.717) is 32.5 Å². The molecule has 0 aliphatic carbocycles. The molecule has 48 heavy (non-hydrogen) atoms. The van der Waals surface area contributed by atoms with Gasteiger partial charge in [-0.25, -0.2) is 13.2 Å². The molecule has 0 radical (unpaired) electrons. The summed E-state index contributed by atoms with van der Waals surface area (Å²) in [4.78, 5) is 27.1. The molecular weight excluding hydrogens is 641 g/mol. The monoisotopic (exact) mass is 672 g/mol. The van der Waals surface area contributed by atoms with Crippen molar-refractivity contribution in [2.24, 2.45) is 0 Å². The van der Waals surface area contributed by atoms with E-state index < -0.39 is 23.3 Å². The summed E-state index contributed by atoms with van der Waals surface area (Å²) in [6.45, 7) is 5.63. The van der Waals surface area contributed by atoms with E-state index in [-0.39, 0.29) is 78.6 Å². The van der Waals surface area contributed by atoms with Gasteiger partial charge in [-0.3, -0.25) is 9.69 Å². The number of likely N-dealkylation sites (tertiary alicyclic amines) is 1. The highest BCUT2D eigenvalue weighted by Gasteiger charge is 2.49. The van der Waals surface area contributed by atoms with Gasteiger partial charge in [-0.15, -0.1) is 11.3 Å². The molecule has 0 saturated carbocycles. The van der Waals surface area contributed by atoms with Crippen LogP contribution in [0.3, 0.4) is 0 Å². The smallest absolute Gasteiger partial charge is 0.319 e. The highest BCUT2D eigenvalue weighted by atomic mass is 32.1. The SMILES string of the molecule is C=CC(=O)N1CC[C@@H](N(C)c2nc(OC[C@@]34CCCN3C[C@H](F)C4)nc3c(F)c(-c4ccc(F)c5sc(N)c(C#N)c45)c(C#N)cc23)C1. The zero-order chi connectivity index (χ0) is 33.9. The molecule has 0 unspecified atom stereocenters. The largest absolute Gasteiger partial charge is 0.461 e. The first-order valence-electron chi connectivity index (χ1n) is 15.6. The minimum Gasteiger partial charge on any atom is -0.461 e. The number of halogens is 3. The summed E-state index contributed by atoms with van der Waals surface area (Å²) in [5, 5.41) is 20.6. The number of amides is 1. The van der Waals surface area contributed by atoms with Crippen LogP contribution in [0.2, 0.25) is 0 Å². The number of rotatable bonds is 7. The maximum atomic E-state index is 17.1. The fraction of sp³-hybridized carbons (Fsp3) is 0.382. The number of fused-ring (bicyclic) bond motifs is 3.